The largest absolute Gasteiger partial charge is 0.484 e. The molecule has 0 spiro atoms. The van der Waals surface area contributed by atoms with E-state index in [1.54, 1.807) is 0 Å². The van der Waals surface area contributed by atoms with Gasteiger partial charge in [0.1, 0.15) is 5.75 Å². The average molecular weight is 275 g/mol. The lowest BCUT2D eigenvalue weighted by Crippen LogP contribution is -2.35. The number of amides is 1. The molecule has 1 aliphatic rings. The number of rotatable bonds is 6. The summed E-state index contributed by atoms with van der Waals surface area (Å²) in [5, 5.41) is 2.95. The SMILES string of the molecule is CCC[C@H](C)NC(=O)COc1ccc2c(c1)CCCC2. The van der Waals surface area contributed by atoms with E-state index >= 15 is 0 Å². The summed E-state index contributed by atoms with van der Waals surface area (Å²) in [6.45, 7) is 4.25. The fourth-order valence-electron chi connectivity index (χ4n) is 2.77. The number of hydrogen-bond acceptors (Lipinski definition) is 2. The molecule has 0 radical (unpaired) electrons. The highest BCUT2D eigenvalue weighted by Gasteiger charge is 2.11. The van der Waals surface area contributed by atoms with Crippen molar-refractivity contribution in [3.63, 3.8) is 0 Å². The molecule has 1 aromatic rings. The van der Waals surface area contributed by atoms with E-state index in [0.717, 1.165) is 25.0 Å². The molecule has 20 heavy (non-hydrogen) atoms. The Labute approximate surface area is 121 Å². The second-order valence-electron chi connectivity index (χ2n) is 5.68. The molecule has 0 unspecified atom stereocenters. The van der Waals surface area contributed by atoms with E-state index in [-0.39, 0.29) is 18.6 Å². The molecule has 3 nitrogen and oxygen atoms in total. The summed E-state index contributed by atoms with van der Waals surface area (Å²) in [7, 11) is 0. The van der Waals surface area contributed by atoms with Gasteiger partial charge in [0.2, 0.25) is 0 Å². The topological polar surface area (TPSA) is 38.3 Å². The Kier molecular flexibility index (Phi) is 5.45. The van der Waals surface area contributed by atoms with Gasteiger partial charge in [-0.05, 0) is 62.3 Å². The second kappa shape index (κ2) is 7.32. The summed E-state index contributed by atoms with van der Waals surface area (Å²) in [6.07, 6.45) is 6.92. The van der Waals surface area contributed by atoms with Gasteiger partial charge in [0.05, 0.1) is 0 Å². The Hall–Kier alpha value is -1.51. The van der Waals surface area contributed by atoms with Crippen LogP contribution in [0.3, 0.4) is 0 Å². The maximum atomic E-state index is 11.8. The lowest BCUT2D eigenvalue weighted by molar-refractivity contribution is -0.123. The van der Waals surface area contributed by atoms with Crippen molar-refractivity contribution in [2.75, 3.05) is 6.61 Å². The summed E-state index contributed by atoms with van der Waals surface area (Å²) < 4.78 is 5.60. The Bertz CT molecular complexity index is 456. The lowest BCUT2D eigenvalue weighted by Gasteiger charge is -2.17. The number of hydrogen-bond donors (Lipinski definition) is 1. The minimum absolute atomic E-state index is 0.0383. The number of carbonyl (C=O) groups excluding carboxylic acids is 1. The number of aryl methyl sites for hydroxylation is 2. The van der Waals surface area contributed by atoms with Gasteiger partial charge < -0.3 is 10.1 Å². The van der Waals surface area contributed by atoms with Crippen molar-refractivity contribution < 1.29 is 9.53 Å². The van der Waals surface area contributed by atoms with Crippen LogP contribution in [0.25, 0.3) is 0 Å². The fraction of sp³-hybridized carbons (Fsp3) is 0.588. The van der Waals surface area contributed by atoms with Crippen LogP contribution in [0.2, 0.25) is 0 Å². The molecule has 0 saturated carbocycles. The van der Waals surface area contributed by atoms with Crippen molar-refractivity contribution >= 4 is 5.91 Å². The van der Waals surface area contributed by atoms with Crippen LogP contribution >= 0.6 is 0 Å². The quantitative estimate of drug-likeness (QED) is 0.865. The summed E-state index contributed by atoms with van der Waals surface area (Å²) in [5.41, 5.74) is 2.82. The first-order chi connectivity index (χ1) is 9.69. The Morgan fingerprint density at radius 2 is 2.05 bits per heavy atom. The number of fused-ring (bicyclic) bond motifs is 1. The number of benzene rings is 1. The summed E-state index contributed by atoms with van der Waals surface area (Å²) in [6, 6.07) is 6.44. The zero-order valence-corrected chi connectivity index (χ0v) is 12.6. The molecule has 3 heteroatoms. The van der Waals surface area contributed by atoms with E-state index in [1.165, 1.54) is 30.4 Å². The smallest absolute Gasteiger partial charge is 0.258 e. The molecule has 1 aromatic carbocycles. The van der Waals surface area contributed by atoms with Gasteiger partial charge in [-0.1, -0.05) is 19.4 Å². The fourth-order valence-corrected chi connectivity index (χ4v) is 2.77. The van der Waals surface area contributed by atoms with Crippen LogP contribution in [0, 0.1) is 0 Å². The first kappa shape index (κ1) is 14.9. The molecule has 0 aromatic heterocycles. The zero-order valence-electron chi connectivity index (χ0n) is 12.6. The van der Waals surface area contributed by atoms with E-state index in [1.807, 2.05) is 13.0 Å². The molecule has 0 saturated heterocycles. The maximum Gasteiger partial charge on any atom is 0.258 e. The van der Waals surface area contributed by atoms with Crippen LogP contribution in [0.5, 0.6) is 5.75 Å². The molecular formula is C17H25NO2. The summed E-state index contributed by atoms with van der Waals surface area (Å²) in [5.74, 6) is 0.771. The van der Waals surface area contributed by atoms with Crippen LogP contribution < -0.4 is 10.1 Å². The molecular weight excluding hydrogens is 250 g/mol. The Balaban J connectivity index is 1.83. The van der Waals surface area contributed by atoms with E-state index in [4.69, 9.17) is 4.74 Å². The lowest BCUT2D eigenvalue weighted by atomic mass is 9.92. The molecule has 1 aliphatic carbocycles. The monoisotopic (exact) mass is 275 g/mol. The molecule has 2 rings (SSSR count). The maximum absolute atomic E-state index is 11.8. The second-order valence-corrected chi connectivity index (χ2v) is 5.68. The van der Waals surface area contributed by atoms with Gasteiger partial charge >= 0.3 is 0 Å². The van der Waals surface area contributed by atoms with Crippen LogP contribution in [0.4, 0.5) is 0 Å². The van der Waals surface area contributed by atoms with Crippen LogP contribution in [-0.4, -0.2) is 18.6 Å². The van der Waals surface area contributed by atoms with Crippen molar-refractivity contribution in [1.29, 1.82) is 0 Å². The third kappa shape index (κ3) is 4.26. The highest BCUT2D eigenvalue weighted by Crippen LogP contribution is 2.25. The molecule has 0 bridgehead atoms. The van der Waals surface area contributed by atoms with E-state index in [9.17, 15) is 4.79 Å². The Morgan fingerprint density at radius 1 is 1.30 bits per heavy atom. The minimum atomic E-state index is -0.0383. The van der Waals surface area contributed by atoms with Crippen molar-refractivity contribution in [2.24, 2.45) is 0 Å². The van der Waals surface area contributed by atoms with E-state index < -0.39 is 0 Å². The predicted molar refractivity (Wildman–Crippen MR) is 81.1 cm³/mol. The van der Waals surface area contributed by atoms with Gasteiger partial charge in [-0.3, -0.25) is 4.79 Å². The van der Waals surface area contributed by atoms with E-state index in [2.05, 4.69) is 24.4 Å². The average Bonchev–Trinajstić information content (AvgIpc) is 2.45. The van der Waals surface area contributed by atoms with Crippen molar-refractivity contribution in [3.05, 3.63) is 29.3 Å². The Morgan fingerprint density at radius 3 is 2.80 bits per heavy atom. The predicted octanol–water partition coefficient (Wildman–Crippen LogP) is 3.25. The molecule has 0 aliphatic heterocycles. The number of nitrogens with one attached hydrogen (secondary N) is 1. The summed E-state index contributed by atoms with van der Waals surface area (Å²) >= 11 is 0. The van der Waals surface area contributed by atoms with Gasteiger partial charge in [-0.15, -0.1) is 0 Å². The highest BCUT2D eigenvalue weighted by atomic mass is 16.5. The first-order valence-electron chi connectivity index (χ1n) is 7.73. The molecule has 1 amide bonds. The molecule has 1 N–H and O–H groups in total. The third-order valence-corrected chi connectivity index (χ3v) is 3.82. The molecule has 110 valence electrons. The standard InChI is InChI=1S/C17H25NO2/c1-3-6-13(2)18-17(19)12-20-16-10-9-14-7-4-5-8-15(14)11-16/h9-11,13H,3-8,12H2,1-2H3,(H,18,19)/t13-/m0/s1. The number of ether oxygens (including phenoxy) is 1. The minimum Gasteiger partial charge on any atom is -0.484 e. The normalized spacial score (nSPS) is 15.3. The zero-order chi connectivity index (χ0) is 14.4. The van der Waals surface area contributed by atoms with Gasteiger partial charge in [-0.2, -0.15) is 0 Å². The third-order valence-electron chi connectivity index (χ3n) is 3.82. The molecule has 0 heterocycles. The van der Waals surface area contributed by atoms with E-state index in [0.29, 0.717) is 0 Å². The van der Waals surface area contributed by atoms with Gasteiger partial charge in [0.25, 0.3) is 5.91 Å². The van der Waals surface area contributed by atoms with Gasteiger partial charge in [0.15, 0.2) is 6.61 Å². The van der Waals surface area contributed by atoms with Crippen LogP contribution in [0.1, 0.15) is 50.7 Å². The molecule has 1 atom stereocenters. The summed E-state index contributed by atoms with van der Waals surface area (Å²) in [4.78, 5) is 11.8. The molecule has 0 fully saturated rings. The van der Waals surface area contributed by atoms with Crippen LogP contribution in [0.15, 0.2) is 18.2 Å². The van der Waals surface area contributed by atoms with Gasteiger partial charge in [0, 0.05) is 6.04 Å². The van der Waals surface area contributed by atoms with Crippen molar-refractivity contribution in [3.8, 4) is 5.75 Å². The van der Waals surface area contributed by atoms with Crippen LogP contribution in [-0.2, 0) is 17.6 Å². The van der Waals surface area contributed by atoms with Gasteiger partial charge in [-0.25, -0.2) is 0 Å². The van der Waals surface area contributed by atoms with Crippen molar-refractivity contribution in [2.45, 2.75) is 58.4 Å². The van der Waals surface area contributed by atoms with Crippen molar-refractivity contribution in [1.82, 2.24) is 5.32 Å². The number of carbonyl (C=O) groups is 1. The highest BCUT2D eigenvalue weighted by molar-refractivity contribution is 5.77. The first-order valence-corrected chi connectivity index (χ1v) is 7.73.